The van der Waals surface area contributed by atoms with Crippen molar-refractivity contribution in [2.45, 2.75) is 6.04 Å². The Labute approximate surface area is 95.0 Å². The maximum absolute atomic E-state index is 5.71. The lowest BCUT2D eigenvalue weighted by atomic mass is 10.0. The maximum atomic E-state index is 5.71. The van der Waals surface area contributed by atoms with E-state index in [1.807, 2.05) is 24.3 Å². The lowest BCUT2D eigenvalue weighted by Gasteiger charge is -2.15. The van der Waals surface area contributed by atoms with Crippen LogP contribution in [-0.2, 0) is 0 Å². The van der Waals surface area contributed by atoms with E-state index in [1.54, 1.807) is 12.4 Å². The molecule has 0 saturated heterocycles. The number of benzene rings is 1. The van der Waals surface area contributed by atoms with Gasteiger partial charge in [-0.1, -0.05) is 18.7 Å². The average Bonchev–Trinajstić information content (AvgIpc) is 2.35. The molecule has 1 unspecified atom stereocenters. The minimum Gasteiger partial charge on any atom is -0.383 e. The summed E-state index contributed by atoms with van der Waals surface area (Å²) in [7, 11) is 0. The zero-order chi connectivity index (χ0) is 11.4. The summed E-state index contributed by atoms with van der Waals surface area (Å²) in [5.74, 6) is 0. The number of rotatable bonds is 4. The van der Waals surface area contributed by atoms with Crippen LogP contribution in [0.2, 0.25) is 0 Å². The highest BCUT2D eigenvalue weighted by atomic mass is 14.9. The summed E-state index contributed by atoms with van der Waals surface area (Å²) in [6, 6.07) is 10.3. The number of nitrogens with zero attached hydrogens (tertiary/aromatic N) is 1. The van der Waals surface area contributed by atoms with E-state index in [2.05, 4.69) is 22.9 Å². The van der Waals surface area contributed by atoms with Crippen molar-refractivity contribution in [1.29, 1.82) is 0 Å². The molecule has 2 aromatic rings. The molecule has 3 nitrogen and oxygen atoms in total. The Morgan fingerprint density at radius 3 is 3.06 bits per heavy atom. The summed E-state index contributed by atoms with van der Waals surface area (Å²) in [5, 5.41) is 4.26. The van der Waals surface area contributed by atoms with E-state index in [1.165, 1.54) is 0 Å². The second-order valence-electron chi connectivity index (χ2n) is 3.61. The molecule has 1 aromatic heterocycles. The van der Waals surface area contributed by atoms with Crippen LogP contribution >= 0.6 is 0 Å². The van der Waals surface area contributed by atoms with Crippen LogP contribution in [-0.4, -0.2) is 11.5 Å². The van der Waals surface area contributed by atoms with Crippen LogP contribution in [0.1, 0.15) is 11.6 Å². The molecule has 16 heavy (non-hydrogen) atoms. The molecule has 82 valence electrons. The Hall–Kier alpha value is -1.87. The molecule has 1 atom stereocenters. The molecule has 0 aliphatic carbocycles. The number of nitrogens with one attached hydrogen (secondary N) is 1. The third-order valence-corrected chi connectivity index (χ3v) is 2.58. The van der Waals surface area contributed by atoms with Gasteiger partial charge in [-0.3, -0.25) is 4.98 Å². The predicted molar refractivity (Wildman–Crippen MR) is 66.9 cm³/mol. The third kappa shape index (κ3) is 2.04. The second-order valence-corrected chi connectivity index (χ2v) is 3.61. The fourth-order valence-corrected chi connectivity index (χ4v) is 1.75. The van der Waals surface area contributed by atoms with E-state index in [-0.39, 0.29) is 6.04 Å². The fourth-order valence-electron chi connectivity index (χ4n) is 1.75. The van der Waals surface area contributed by atoms with Gasteiger partial charge in [0.05, 0.1) is 11.6 Å². The van der Waals surface area contributed by atoms with Crippen LogP contribution in [0.5, 0.6) is 0 Å². The number of hydrogen-bond donors (Lipinski definition) is 2. The third-order valence-electron chi connectivity index (χ3n) is 2.58. The number of pyridine rings is 1. The minimum atomic E-state index is 0.113. The molecule has 0 radical (unpaired) electrons. The first-order chi connectivity index (χ1) is 7.85. The van der Waals surface area contributed by atoms with Crippen LogP contribution < -0.4 is 11.1 Å². The van der Waals surface area contributed by atoms with Crippen LogP contribution in [0.25, 0.3) is 10.9 Å². The van der Waals surface area contributed by atoms with Gasteiger partial charge in [-0.25, -0.2) is 0 Å². The van der Waals surface area contributed by atoms with Crippen molar-refractivity contribution >= 4 is 10.9 Å². The first-order valence-corrected chi connectivity index (χ1v) is 5.27. The largest absolute Gasteiger partial charge is 0.383 e. The van der Waals surface area contributed by atoms with Crippen molar-refractivity contribution in [3.8, 4) is 0 Å². The number of nitrogens with two attached hydrogens (primary N) is 1. The number of hydrogen-bond acceptors (Lipinski definition) is 3. The molecular formula is C13H15N3. The zero-order valence-corrected chi connectivity index (χ0v) is 9.06. The summed E-state index contributed by atoms with van der Waals surface area (Å²) in [5.41, 5.74) is 7.87. The molecule has 3 N–H and O–H groups in total. The lowest BCUT2D eigenvalue weighted by Crippen LogP contribution is -2.23. The van der Waals surface area contributed by atoms with Crippen molar-refractivity contribution in [2.75, 3.05) is 6.54 Å². The van der Waals surface area contributed by atoms with Gasteiger partial charge in [-0.05, 0) is 30.0 Å². The molecule has 0 spiro atoms. The van der Waals surface area contributed by atoms with Crippen LogP contribution in [0.15, 0.2) is 49.3 Å². The van der Waals surface area contributed by atoms with Crippen LogP contribution in [0, 0.1) is 0 Å². The number of aromatic nitrogens is 1. The molecule has 0 fully saturated rings. The Bertz CT molecular complexity index is 493. The smallest absolute Gasteiger partial charge is 0.0702 e. The SMILES string of the molecule is C=CNC(CN)c1ccc2ncccc2c1. The van der Waals surface area contributed by atoms with Crippen molar-refractivity contribution in [3.05, 3.63) is 54.9 Å². The second kappa shape index (κ2) is 4.77. The Morgan fingerprint density at radius 1 is 1.44 bits per heavy atom. The van der Waals surface area contributed by atoms with E-state index in [0.29, 0.717) is 6.54 Å². The van der Waals surface area contributed by atoms with Gasteiger partial charge in [0.15, 0.2) is 0 Å². The van der Waals surface area contributed by atoms with Crippen molar-refractivity contribution in [3.63, 3.8) is 0 Å². The van der Waals surface area contributed by atoms with Gasteiger partial charge >= 0.3 is 0 Å². The van der Waals surface area contributed by atoms with E-state index in [4.69, 9.17) is 5.73 Å². The van der Waals surface area contributed by atoms with Crippen LogP contribution in [0.3, 0.4) is 0 Å². The molecule has 3 heteroatoms. The molecule has 0 saturated carbocycles. The molecule has 2 rings (SSSR count). The average molecular weight is 213 g/mol. The molecule has 0 aliphatic rings. The Balaban J connectivity index is 2.41. The highest BCUT2D eigenvalue weighted by Crippen LogP contribution is 2.18. The topological polar surface area (TPSA) is 50.9 Å². The summed E-state index contributed by atoms with van der Waals surface area (Å²) < 4.78 is 0. The van der Waals surface area contributed by atoms with E-state index in [9.17, 15) is 0 Å². The lowest BCUT2D eigenvalue weighted by molar-refractivity contribution is 0.635. The van der Waals surface area contributed by atoms with Gasteiger partial charge in [-0.2, -0.15) is 0 Å². The van der Waals surface area contributed by atoms with Gasteiger partial charge in [0.2, 0.25) is 0 Å². The highest BCUT2D eigenvalue weighted by Gasteiger charge is 2.07. The summed E-state index contributed by atoms with van der Waals surface area (Å²) >= 11 is 0. The molecule has 0 aliphatic heterocycles. The normalized spacial score (nSPS) is 12.3. The van der Waals surface area contributed by atoms with Crippen molar-refractivity contribution < 1.29 is 0 Å². The maximum Gasteiger partial charge on any atom is 0.0702 e. The predicted octanol–water partition coefficient (Wildman–Crippen LogP) is 1.97. The van der Waals surface area contributed by atoms with Gasteiger partial charge in [0, 0.05) is 18.1 Å². The molecule has 0 amide bonds. The van der Waals surface area contributed by atoms with Gasteiger partial charge in [0.25, 0.3) is 0 Å². The van der Waals surface area contributed by atoms with Gasteiger partial charge in [0.1, 0.15) is 0 Å². The first-order valence-electron chi connectivity index (χ1n) is 5.27. The monoisotopic (exact) mass is 213 g/mol. The first kappa shape index (κ1) is 10.6. The van der Waals surface area contributed by atoms with Crippen molar-refractivity contribution in [2.24, 2.45) is 5.73 Å². The summed E-state index contributed by atoms with van der Waals surface area (Å²) in [6.45, 7) is 4.20. The van der Waals surface area contributed by atoms with Gasteiger partial charge in [-0.15, -0.1) is 0 Å². The minimum absolute atomic E-state index is 0.113. The van der Waals surface area contributed by atoms with Gasteiger partial charge < -0.3 is 11.1 Å². The van der Waals surface area contributed by atoms with Crippen molar-refractivity contribution in [1.82, 2.24) is 10.3 Å². The standard InChI is InChI=1S/C13H15N3/c1-2-15-13(9-14)11-5-6-12-10(8-11)4-3-7-16-12/h2-8,13,15H,1,9,14H2. The fraction of sp³-hybridized carbons (Fsp3) is 0.154. The zero-order valence-electron chi connectivity index (χ0n) is 9.06. The molecule has 0 bridgehead atoms. The molecular weight excluding hydrogens is 198 g/mol. The number of fused-ring (bicyclic) bond motifs is 1. The highest BCUT2D eigenvalue weighted by molar-refractivity contribution is 5.79. The quantitative estimate of drug-likeness (QED) is 0.816. The van der Waals surface area contributed by atoms with E-state index < -0.39 is 0 Å². The Kier molecular flexibility index (Phi) is 3.17. The molecule has 1 aromatic carbocycles. The van der Waals surface area contributed by atoms with E-state index >= 15 is 0 Å². The Morgan fingerprint density at radius 2 is 2.31 bits per heavy atom. The summed E-state index contributed by atoms with van der Waals surface area (Å²) in [6.07, 6.45) is 3.47. The molecule has 1 heterocycles. The van der Waals surface area contributed by atoms with E-state index in [0.717, 1.165) is 16.5 Å². The van der Waals surface area contributed by atoms with Crippen LogP contribution in [0.4, 0.5) is 0 Å². The summed E-state index contributed by atoms with van der Waals surface area (Å²) in [4.78, 5) is 4.28.